The molecule has 4 nitrogen and oxygen atoms in total. The Balaban J connectivity index is 1.85. The average Bonchev–Trinajstić information content (AvgIpc) is 2.51. The minimum atomic E-state index is -0.652. The van der Waals surface area contributed by atoms with Crippen LogP contribution in [-0.4, -0.2) is 42.2 Å². The zero-order valence-electron chi connectivity index (χ0n) is 12.7. The lowest BCUT2D eigenvalue weighted by Gasteiger charge is -2.33. The molecule has 122 valence electrons. The number of hydrogen-bond donors (Lipinski definition) is 2. The number of nitrogens with zero attached hydrogens (tertiary/aromatic N) is 1. The minimum absolute atomic E-state index is 0.129. The van der Waals surface area contributed by atoms with E-state index in [0.29, 0.717) is 5.92 Å². The van der Waals surface area contributed by atoms with Crippen molar-refractivity contribution in [1.29, 1.82) is 0 Å². The molecule has 0 atom stereocenters. The number of rotatable bonds is 5. The predicted octanol–water partition coefficient (Wildman–Crippen LogP) is 2.39. The minimum Gasteiger partial charge on any atom is -0.396 e. The van der Waals surface area contributed by atoms with E-state index in [1.807, 2.05) is 11.9 Å². The fourth-order valence-electron chi connectivity index (χ4n) is 2.91. The Morgan fingerprint density at radius 3 is 2.64 bits per heavy atom. The van der Waals surface area contributed by atoms with Crippen LogP contribution < -0.4 is 5.32 Å². The molecule has 0 aliphatic heterocycles. The number of carbonyl (C=O) groups excluding carboxylic acids is 1. The number of amides is 1. The van der Waals surface area contributed by atoms with Crippen LogP contribution in [-0.2, 0) is 4.79 Å². The molecule has 6 heteroatoms. The van der Waals surface area contributed by atoms with Crippen molar-refractivity contribution in [3.63, 3.8) is 0 Å². The van der Waals surface area contributed by atoms with Gasteiger partial charge in [-0.1, -0.05) is 0 Å². The highest BCUT2D eigenvalue weighted by Gasteiger charge is 2.24. The quantitative estimate of drug-likeness (QED) is 0.878. The number of aliphatic hydroxyl groups is 1. The second-order valence-corrected chi connectivity index (χ2v) is 5.94. The lowest BCUT2D eigenvalue weighted by Crippen LogP contribution is -2.40. The predicted molar refractivity (Wildman–Crippen MR) is 80.4 cm³/mol. The third-order valence-corrected chi connectivity index (χ3v) is 4.29. The SMILES string of the molecule is CN(CC(=O)Nc1cc(F)ccc1F)C1CCC(CO)CC1. The van der Waals surface area contributed by atoms with Gasteiger partial charge in [-0.25, -0.2) is 8.78 Å². The smallest absolute Gasteiger partial charge is 0.238 e. The number of hydrogen-bond acceptors (Lipinski definition) is 3. The van der Waals surface area contributed by atoms with Gasteiger partial charge in [0, 0.05) is 18.7 Å². The second-order valence-electron chi connectivity index (χ2n) is 5.94. The molecular weight excluding hydrogens is 290 g/mol. The number of benzene rings is 1. The van der Waals surface area contributed by atoms with Crippen molar-refractivity contribution in [1.82, 2.24) is 4.90 Å². The molecule has 0 heterocycles. The van der Waals surface area contributed by atoms with E-state index in [1.54, 1.807) is 0 Å². The first kappa shape index (κ1) is 16.8. The molecule has 1 fully saturated rings. The van der Waals surface area contributed by atoms with Crippen LogP contribution in [0.2, 0.25) is 0 Å². The topological polar surface area (TPSA) is 52.6 Å². The van der Waals surface area contributed by atoms with Crippen molar-refractivity contribution in [2.24, 2.45) is 5.92 Å². The van der Waals surface area contributed by atoms with E-state index in [-0.39, 0.29) is 30.8 Å². The molecular formula is C16H22F2N2O2. The summed E-state index contributed by atoms with van der Waals surface area (Å²) in [6.07, 6.45) is 3.77. The van der Waals surface area contributed by atoms with Gasteiger partial charge in [0.15, 0.2) is 0 Å². The maximum absolute atomic E-state index is 13.5. The largest absolute Gasteiger partial charge is 0.396 e. The Morgan fingerprint density at radius 2 is 2.00 bits per heavy atom. The van der Waals surface area contributed by atoms with Gasteiger partial charge in [-0.15, -0.1) is 0 Å². The molecule has 1 aromatic rings. The molecule has 1 aromatic carbocycles. The van der Waals surface area contributed by atoms with Gasteiger partial charge in [0.05, 0.1) is 12.2 Å². The van der Waals surface area contributed by atoms with Crippen molar-refractivity contribution >= 4 is 11.6 Å². The Morgan fingerprint density at radius 1 is 1.32 bits per heavy atom. The van der Waals surface area contributed by atoms with Crippen LogP contribution >= 0.6 is 0 Å². The van der Waals surface area contributed by atoms with Crippen LogP contribution in [0.3, 0.4) is 0 Å². The van der Waals surface area contributed by atoms with E-state index in [0.717, 1.165) is 43.9 Å². The van der Waals surface area contributed by atoms with Crippen molar-refractivity contribution in [3.8, 4) is 0 Å². The van der Waals surface area contributed by atoms with Crippen molar-refractivity contribution < 1.29 is 18.7 Å². The Kier molecular flexibility index (Phi) is 5.85. The summed E-state index contributed by atoms with van der Waals surface area (Å²) in [6, 6.07) is 3.26. The molecule has 2 rings (SSSR count). The molecule has 1 saturated carbocycles. The Hall–Kier alpha value is -1.53. The van der Waals surface area contributed by atoms with E-state index in [2.05, 4.69) is 5.32 Å². The van der Waals surface area contributed by atoms with E-state index < -0.39 is 11.6 Å². The van der Waals surface area contributed by atoms with Crippen LogP contribution in [0.25, 0.3) is 0 Å². The standard InChI is InChI=1S/C16H22F2N2O2/c1-20(13-5-2-11(10-21)3-6-13)9-16(22)19-15-8-12(17)4-7-14(15)18/h4,7-8,11,13,21H,2-3,5-6,9-10H2,1H3,(H,19,22). The zero-order chi connectivity index (χ0) is 16.1. The number of aliphatic hydroxyl groups excluding tert-OH is 1. The van der Waals surface area contributed by atoms with Crippen LogP contribution in [0.15, 0.2) is 18.2 Å². The third kappa shape index (κ3) is 4.48. The average molecular weight is 312 g/mol. The van der Waals surface area contributed by atoms with E-state index in [9.17, 15) is 13.6 Å². The molecule has 0 radical (unpaired) electrons. The first-order valence-corrected chi connectivity index (χ1v) is 7.55. The van der Waals surface area contributed by atoms with E-state index >= 15 is 0 Å². The van der Waals surface area contributed by atoms with Gasteiger partial charge >= 0.3 is 0 Å². The van der Waals surface area contributed by atoms with Gasteiger partial charge in [0.1, 0.15) is 11.6 Å². The van der Waals surface area contributed by atoms with Crippen LogP contribution in [0, 0.1) is 17.6 Å². The maximum atomic E-state index is 13.5. The zero-order valence-corrected chi connectivity index (χ0v) is 12.7. The second kappa shape index (κ2) is 7.65. The lowest BCUT2D eigenvalue weighted by molar-refractivity contribution is -0.117. The van der Waals surface area contributed by atoms with Gasteiger partial charge < -0.3 is 10.4 Å². The summed E-state index contributed by atoms with van der Waals surface area (Å²) < 4.78 is 26.6. The molecule has 0 aromatic heterocycles. The molecule has 22 heavy (non-hydrogen) atoms. The number of anilines is 1. The molecule has 0 saturated heterocycles. The number of halogens is 2. The summed E-state index contributed by atoms with van der Waals surface area (Å²) in [4.78, 5) is 13.9. The fourth-order valence-corrected chi connectivity index (χ4v) is 2.91. The maximum Gasteiger partial charge on any atom is 0.238 e. The van der Waals surface area contributed by atoms with Crippen molar-refractivity contribution in [2.45, 2.75) is 31.7 Å². The fraction of sp³-hybridized carbons (Fsp3) is 0.562. The number of nitrogens with one attached hydrogen (secondary N) is 1. The van der Waals surface area contributed by atoms with Crippen LogP contribution in [0.4, 0.5) is 14.5 Å². The van der Waals surface area contributed by atoms with Crippen molar-refractivity contribution in [2.75, 3.05) is 25.5 Å². The highest BCUT2D eigenvalue weighted by molar-refractivity contribution is 5.92. The van der Waals surface area contributed by atoms with Crippen molar-refractivity contribution in [3.05, 3.63) is 29.8 Å². The molecule has 1 amide bonds. The summed E-state index contributed by atoms with van der Waals surface area (Å²) >= 11 is 0. The molecule has 1 aliphatic rings. The van der Waals surface area contributed by atoms with Gasteiger partial charge in [-0.05, 0) is 50.8 Å². The summed E-state index contributed by atoms with van der Waals surface area (Å²) in [5, 5.41) is 11.5. The lowest BCUT2D eigenvalue weighted by atomic mass is 9.86. The molecule has 0 bridgehead atoms. The summed E-state index contributed by atoms with van der Waals surface area (Å²) in [5.41, 5.74) is -0.137. The van der Waals surface area contributed by atoms with Crippen LogP contribution in [0.1, 0.15) is 25.7 Å². The monoisotopic (exact) mass is 312 g/mol. The van der Waals surface area contributed by atoms with Gasteiger partial charge in [0.25, 0.3) is 0 Å². The summed E-state index contributed by atoms with van der Waals surface area (Å²) in [6.45, 7) is 0.347. The molecule has 2 N–H and O–H groups in total. The first-order valence-electron chi connectivity index (χ1n) is 7.55. The molecule has 0 spiro atoms. The van der Waals surface area contributed by atoms with E-state index in [4.69, 9.17) is 5.11 Å². The normalized spacial score (nSPS) is 21.9. The first-order chi connectivity index (χ1) is 10.5. The molecule has 0 unspecified atom stereocenters. The highest BCUT2D eigenvalue weighted by Crippen LogP contribution is 2.26. The summed E-state index contributed by atoms with van der Waals surface area (Å²) in [5.74, 6) is -1.25. The molecule has 1 aliphatic carbocycles. The van der Waals surface area contributed by atoms with Gasteiger partial charge in [-0.3, -0.25) is 9.69 Å². The number of likely N-dealkylation sites (N-methyl/N-ethyl adjacent to an activating group) is 1. The van der Waals surface area contributed by atoms with E-state index in [1.165, 1.54) is 0 Å². The third-order valence-electron chi connectivity index (χ3n) is 4.29. The van der Waals surface area contributed by atoms with Crippen LogP contribution in [0.5, 0.6) is 0 Å². The van der Waals surface area contributed by atoms with Gasteiger partial charge in [-0.2, -0.15) is 0 Å². The highest BCUT2D eigenvalue weighted by atomic mass is 19.1. The summed E-state index contributed by atoms with van der Waals surface area (Å²) in [7, 11) is 1.85. The van der Waals surface area contributed by atoms with Gasteiger partial charge in [0.2, 0.25) is 5.91 Å². The Labute approximate surface area is 129 Å². The number of carbonyl (C=O) groups is 1. The Bertz CT molecular complexity index is 517.